The van der Waals surface area contributed by atoms with Gasteiger partial charge in [-0.1, -0.05) is 11.2 Å². The SMILES string of the molecule is OC1CCC(Cc2cc(-c3ccccn3)on2)OC1CNC1CCNCC1. The van der Waals surface area contributed by atoms with Crippen molar-refractivity contribution in [3.05, 3.63) is 36.2 Å². The summed E-state index contributed by atoms with van der Waals surface area (Å²) in [6.07, 6.45) is 5.75. The van der Waals surface area contributed by atoms with E-state index in [-0.39, 0.29) is 12.2 Å². The van der Waals surface area contributed by atoms with Crippen LogP contribution in [0.25, 0.3) is 11.5 Å². The van der Waals surface area contributed by atoms with E-state index < -0.39 is 6.10 Å². The molecule has 0 bridgehead atoms. The van der Waals surface area contributed by atoms with Crippen molar-refractivity contribution in [1.82, 2.24) is 20.8 Å². The summed E-state index contributed by atoms with van der Waals surface area (Å²) in [6, 6.07) is 8.15. The molecular formula is C20H28N4O3. The predicted octanol–water partition coefficient (Wildman–Crippen LogP) is 1.53. The third kappa shape index (κ3) is 4.93. The van der Waals surface area contributed by atoms with Crippen molar-refractivity contribution in [2.45, 2.75) is 56.5 Å². The summed E-state index contributed by atoms with van der Waals surface area (Å²) in [5.41, 5.74) is 1.64. The Balaban J connectivity index is 1.31. The maximum absolute atomic E-state index is 10.3. The van der Waals surface area contributed by atoms with Crippen LogP contribution >= 0.6 is 0 Å². The van der Waals surface area contributed by atoms with E-state index in [0.717, 1.165) is 50.2 Å². The van der Waals surface area contributed by atoms with Gasteiger partial charge in [-0.05, 0) is 50.9 Å². The van der Waals surface area contributed by atoms with E-state index in [2.05, 4.69) is 20.8 Å². The molecule has 4 rings (SSSR count). The third-order valence-corrected chi connectivity index (χ3v) is 5.44. The number of aliphatic hydroxyl groups is 1. The molecule has 3 unspecified atom stereocenters. The molecule has 3 N–H and O–H groups in total. The molecule has 7 heteroatoms. The summed E-state index contributed by atoms with van der Waals surface area (Å²) >= 11 is 0. The first kappa shape index (κ1) is 18.6. The molecule has 2 fully saturated rings. The molecule has 0 saturated carbocycles. The van der Waals surface area contributed by atoms with Gasteiger partial charge >= 0.3 is 0 Å². The van der Waals surface area contributed by atoms with Gasteiger partial charge in [-0.2, -0.15) is 0 Å². The highest BCUT2D eigenvalue weighted by molar-refractivity contribution is 5.51. The number of pyridine rings is 1. The number of hydrogen-bond acceptors (Lipinski definition) is 7. The Kier molecular flexibility index (Phi) is 6.14. The second-order valence-electron chi connectivity index (χ2n) is 7.48. The van der Waals surface area contributed by atoms with Crippen molar-refractivity contribution in [1.29, 1.82) is 0 Å². The van der Waals surface area contributed by atoms with Gasteiger partial charge in [0, 0.05) is 31.3 Å². The van der Waals surface area contributed by atoms with Crippen LogP contribution in [0.2, 0.25) is 0 Å². The van der Waals surface area contributed by atoms with Crippen molar-refractivity contribution >= 4 is 0 Å². The predicted molar refractivity (Wildman–Crippen MR) is 101 cm³/mol. The minimum absolute atomic E-state index is 0.0508. The van der Waals surface area contributed by atoms with E-state index in [1.807, 2.05) is 24.3 Å². The van der Waals surface area contributed by atoms with E-state index in [1.54, 1.807) is 6.20 Å². The average molecular weight is 372 g/mol. The molecule has 0 spiro atoms. The third-order valence-electron chi connectivity index (χ3n) is 5.44. The fourth-order valence-corrected chi connectivity index (χ4v) is 3.86. The molecule has 0 aromatic carbocycles. The highest BCUT2D eigenvalue weighted by atomic mass is 16.5. The number of ether oxygens (including phenoxy) is 1. The van der Waals surface area contributed by atoms with Gasteiger partial charge in [0.25, 0.3) is 0 Å². The standard InChI is InChI=1S/C20H28N4O3/c25-18-5-4-16(26-20(18)13-23-14-6-9-21-10-7-14)11-15-12-19(27-24-15)17-3-1-2-8-22-17/h1-3,8,12,14,16,18,20-21,23,25H,4-7,9-11,13H2. The molecule has 7 nitrogen and oxygen atoms in total. The minimum atomic E-state index is -0.406. The van der Waals surface area contributed by atoms with Gasteiger partial charge < -0.3 is 25.0 Å². The number of piperidine rings is 1. The van der Waals surface area contributed by atoms with Crippen LogP contribution in [0.3, 0.4) is 0 Å². The minimum Gasteiger partial charge on any atom is -0.390 e. The zero-order chi connectivity index (χ0) is 18.5. The lowest BCUT2D eigenvalue weighted by Crippen LogP contribution is -2.49. The first-order chi connectivity index (χ1) is 13.3. The molecule has 3 atom stereocenters. The maximum atomic E-state index is 10.3. The van der Waals surface area contributed by atoms with E-state index in [1.165, 1.54) is 0 Å². The summed E-state index contributed by atoms with van der Waals surface area (Å²) in [4.78, 5) is 4.29. The van der Waals surface area contributed by atoms with Crippen LogP contribution in [0.1, 0.15) is 31.4 Å². The monoisotopic (exact) mass is 372 g/mol. The van der Waals surface area contributed by atoms with Crippen molar-refractivity contribution in [3.63, 3.8) is 0 Å². The summed E-state index contributed by atoms with van der Waals surface area (Å²) in [5, 5.41) is 21.4. The second-order valence-corrected chi connectivity index (χ2v) is 7.48. The highest BCUT2D eigenvalue weighted by Gasteiger charge is 2.31. The number of aromatic nitrogens is 2. The number of hydrogen-bond donors (Lipinski definition) is 3. The first-order valence-corrected chi connectivity index (χ1v) is 9.92. The molecule has 2 aliphatic heterocycles. The van der Waals surface area contributed by atoms with Gasteiger partial charge in [0.1, 0.15) is 5.69 Å². The van der Waals surface area contributed by atoms with Crippen molar-refractivity contribution in [3.8, 4) is 11.5 Å². The number of aliphatic hydroxyl groups excluding tert-OH is 1. The summed E-state index contributed by atoms with van der Waals surface area (Å²) in [6.45, 7) is 2.80. The van der Waals surface area contributed by atoms with Crippen LogP contribution < -0.4 is 10.6 Å². The quantitative estimate of drug-likeness (QED) is 0.708. The van der Waals surface area contributed by atoms with Gasteiger partial charge in [-0.25, -0.2) is 0 Å². The molecule has 2 aromatic heterocycles. The molecule has 0 aliphatic carbocycles. The van der Waals surface area contributed by atoms with E-state index >= 15 is 0 Å². The molecule has 2 aromatic rings. The molecule has 2 saturated heterocycles. The summed E-state index contributed by atoms with van der Waals surface area (Å²) in [5.74, 6) is 0.672. The lowest BCUT2D eigenvalue weighted by molar-refractivity contribution is -0.115. The molecule has 27 heavy (non-hydrogen) atoms. The fourth-order valence-electron chi connectivity index (χ4n) is 3.86. The first-order valence-electron chi connectivity index (χ1n) is 9.92. The molecule has 0 radical (unpaired) electrons. The zero-order valence-corrected chi connectivity index (χ0v) is 15.5. The Morgan fingerprint density at radius 1 is 1.19 bits per heavy atom. The van der Waals surface area contributed by atoms with Crippen LogP contribution in [0.15, 0.2) is 35.0 Å². The van der Waals surface area contributed by atoms with Crippen molar-refractivity contribution in [2.75, 3.05) is 19.6 Å². The Labute approximate surface area is 159 Å². The Morgan fingerprint density at radius 3 is 2.89 bits per heavy atom. The molecule has 146 valence electrons. The molecule has 2 aliphatic rings. The van der Waals surface area contributed by atoms with Crippen LogP contribution in [0.4, 0.5) is 0 Å². The lowest BCUT2D eigenvalue weighted by Gasteiger charge is -2.35. The van der Waals surface area contributed by atoms with Crippen LogP contribution in [-0.4, -0.2) is 59.2 Å². The van der Waals surface area contributed by atoms with Gasteiger partial charge in [0.2, 0.25) is 0 Å². The van der Waals surface area contributed by atoms with Crippen molar-refractivity contribution < 1.29 is 14.4 Å². The van der Waals surface area contributed by atoms with E-state index in [0.29, 0.717) is 24.8 Å². The van der Waals surface area contributed by atoms with Gasteiger partial charge in [0.05, 0.1) is 24.0 Å². The zero-order valence-electron chi connectivity index (χ0n) is 15.5. The van der Waals surface area contributed by atoms with Crippen molar-refractivity contribution in [2.24, 2.45) is 0 Å². The van der Waals surface area contributed by atoms with Crippen LogP contribution in [0.5, 0.6) is 0 Å². The Bertz CT molecular complexity index is 702. The number of nitrogens with zero attached hydrogens (tertiary/aromatic N) is 2. The van der Waals surface area contributed by atoms with Gasteiger partial charge in [-0.3, -0.25) is 4.98 Å². The topological polar surface area (TPSA) is 92.4 Å². The van der Waals surface area contributed by atoms with E-state index in [9.17, 15) is 5.11 Å². The molecule has 4 heterocycles. The number of nitrogens with one attached hydrogen (secondary N) is 2. The maximum Gasteiger partial charge on any atom is 0.185 e. The lowest BCUT2D eigenvalue weighted by atomic mass is 9.97. The van der Waals surface area contributed by atoms with Crippen LogP contribution in [-0.2, 0) is 11.2 Å². The molecule has 0 amide bonds. The highest BCUT2D eigenvalue weighted by Crippen LogP contribution is 2.24. The fraction of sp³-hybridized carbons (Fsp3) is 0.600. The normalized spacial score (nSPS) is 26.9. The summed E-state index contributed by atoms with van der Waals surface area (Å²) < 4.78 is 11.6. The average Bonchev–Trinajstić information content (AvgIpc) is 3.18. The van der Waals surface area contributed by atoms with E-state index in [4.69, 9.17) is 9.26 Å². The van der Waals surface area contributed by atoms with Gasteiger partial charge in [0.15, 0.2) is 5.76 Å². The smallest absolute Gasteiger partial charge is 0.185 e. The molecular weight excluding hydrogens is 344 g/mol. The largest absolute Gasteiger partial charge is 0.390 e. The van der Waals surface area contributed by atoms with Crippen LogP contribution in [0, 0.1) is 0 Å². The van der Waals surface area contributed by atoms with Gasteiger partial charge in [-0.15, -0.1) is 0 Å². The number of rotatable bonds is 6. The Morgan fingerprint density at radius 2 is 2.07 bits per heavy atom. The summed E-state index contributed by atoms with van der Waals surface area (Å²) in [7, 11) is 0. The second kappa shape index (κ2) is 8.93. The Hall–Kier alpha value is -1.80.